The molecule has 4 rings (SSSR count). The summed E-state index contributed by atoms with van der Waals surface area (Å²) in [5.41, 5.74) is 3.94. The summed E-state index contributed by atoms with van der Waals surface area (Å²) in [6.45, 7) is 12.1. The van der Waals surface area contributed by atoms with Crippen molar-refractivity contribution in [3.63, 3.8) is 0 Å². The molecule has 3 heterocycles. The van der Waals surface area contributed by atoms with E-state index in [0.717, 1.165) is 51.5 Å². The number of rotatable bonds is 8. The van der Waals surface area contributed by atoms with Crippen LogP contribution in [0.4, 0.5) is 5.69 Å². The van der Waals surface area contributed by atoms with Crippen LogP contribution in [0.3, 0.4) is 0 Å². The highest BCUT2D eigenvalue weighted by atomic mass is 16.5. The van der Waals surface area contributed by atoms with Crippen LogP contribution in [0.2, 0.25) is 0 Å². The molecule has 0 bridgehead atoms. The summed E-state index contributed by atoms with van der Waals surface area (Å²) in [4.78, 5) is 11.9. The minimum Gasteiger partial charge on any atom is -0.494 e. The van der Waals surface area contributed by atoms with Crippen LogP contribution < -0.4 is 9.64 Å². The number of nitrogens with zero attached hydrogens (tertiary/aromatic N) is 4. The predicted molar refractivity (Wildman–Crippen MR) is 128 cm³/mol. The van der Waals surface area contributed by atoms with E-state index in [1.807, 2.05) is 12.4 Å². The van der Waals surface area contributed by atoms with Gasteiger partial charge in [0.1, 0.15) is 5.75 Å². The van der Waals surface area contributed by atoms with Crippen molar-refractivity contribution in [1.82, 2.24) is 14.8 Å². The Morgan fingerprint density at radius 2 is 1.77 bits per heavy atom. The van der Waals surface area contributed by atoms with Crippen molar-refractivity contribution >= 4 is 5.69 Å². The molecule has 0 amide bonds. The largest absolute Gasteiger partial charge is 0.494 e. The van der Waals surface area contributed by atoms with Gasteiger partial charge in [0.2, 0.25) is 0 Å². The molecule has 2 aliphatic heterocycles. The third-order valence-corrected chi connectivity index (χ3v) is 6.56. The molecule has 2 aromatic rings. The van der Waals surface area contributed by atoms with E-state index in [4.69, 9.17) is 4.74 Å². The van der Waals surface area contributed by atoms with Crippen LogP contribution in [0.25, 0.3) is 0 Å². The molecule has 2 saturated heterocycles. The summed E-state index contributed by atoms with van der Waals surface area (Å²) in [6.07, 6.45) is 10.3. The van der Waals surface area contributed by atoms with E-state index in [9.17, 15) is 0 Å². The zero-order valence-corrected chi connectivity index (χ0v) is 19.1. The van der Waals surface area contributed by atoms with Crippen molar-refractivity contribution in [2.75, 3.05) is 57.3 Å². The lowest BCUT2D eigenvalue weighted by molar-refractivity contribution is 0.205. The van der Waals surface area contributed by atoms with Crippen LogP contribution >= 0.6 is 0 Å². The van der Waals surface area contributed by atoms with Gasteiger partial charge in [-0.15, -0.1) is 0 Å². The highest BCUT2D eigenvalue weighted by molar-refractivity contribution is 5.51. The molecular formula is C26H38N4O. The molecule has 2 aliphatic rings. The SMILES string of the molecule is Cc1cnccc1N1CCCN(Cc2cccc(OCCCN3CCCCC3)c2)CC1. The Bertz CT molecular complexity index is 805. The summed E-state index contributed by atoms with van der Waals surface area (Å²) < 4.78 is 6.08. The van der Waals surface area contributed by atoms with Gasteiger partial charge in [-0.3, -0.25) is 9.88 Å². The summed E-state index contributed by atoms with van der Waals surface area (Å²) in [7, 11) is 0. The zero-order valence-electron chi connectivity index (χ0n) is 19.1. The molecule has 0 radical (unpaired) electrons. The molecule has 0 saturated carbocycles. The van der Waals surface area contributed by atoms with E-state index in [0.29, 0.717) is 0 Å². The lowest BCUT2D eigenvalue weighted by atomic mass is 10.1. The number of hydrogen-bond donors (Lipinski definition) is 0. The number of aromatic nitrogens is 1. The van der Waals surface area contributed by atoms with Crippen LogP contribution in [0.5, 0.6) is 5.75 Å². The second kappa shape index (κ2) is 11.5. The van der Waals surface area contributed by atoms with Gasteiger partial charge in [-0.25, -0.2) is 0 Å². The normalized spacial score (nSPS) is 18.7. The smallest absolute Gasteiger partial charge is 0.119 e. The third-order valence-electron chi connectivity index (χ3n) is 6.56. The van der Waals surface area contributed by atoms with Gasteiger partial charge in [0, 0.05) is 57.3 Å². The standard InChI is InChI=1S/C26H38N4O/c1-23-21-27-11-10-26(23)30-16-6-14-29(17-18-30)22-24-8-5-9-25(20-24)31-19-7-15-28-12-3-2-4-13-28/h5,8-11,20-21H,2-4,6-7,12-19,22H2,1H3. The lowest BCUT2D eigenvalue weighted by Crippen LogP contribution is -2.31. The average Bonchev–Trinajstić information content (AvgIpc) is 3.04. The Morgan fingerprint density at radius 3 is 2.65 bits per heavy atom. The highest BCUT2D eigenvalue weighted by Gasteiger charge is 2.17. The molecule has 168 valence electrons. The summed E-state index contributed by atoms with van der Waals surface area (Å²) >= 11 is 0. The number of anilines is 1. The molecule has 0 aliphatic carbocycles. The fourth-order valence-electron chi connectivity index (χ4n) is 4.84. The second-order valence-corrected chi connectivity index (χ2v) is 9.03. The fraction of sp³-hybridized carbons (Fsp3) is 0.577. The van der Waals surface area contributed by atoms with E-state index in [2.05, 4.69) is 56.9 Å². The van der Waals surface area contributed by atoms with E-state index < -0.39 is 0 Å². The van der Waals surface area contributed by atoms with Gasteiger partial charge in [0.25, 0.3) is 0 Å². The van der Waals surface area contributed by atoms with Gasteiger partial charge in [0.15, 0.2) is 0 Å². The number of pyridine rings is 1. The zero-order chi connectivity index (χ0) is 21.3. The molecule has 0 spiro atoms. The maximum Gasteiger partial charge on any atom is 0.119 e. The van der Waals surface area contributed by atoms with Crippen LogP contribution in [-0.2, 0) is 6.54 Å². The number of ether oxygens (including phenoxy) is 1. The third kappa shape index (κ3) is 6.68. The first-order valence-electron chi connectivity index (χ1n) is 12.1. The minimum atomic E-state index is 0.809. The molecule has 0 N–H and O–H groups in total. The van der Waals surface area contributed by atoms with Gasteiger partial charge in [-0.05, 0) is 75.0 Å². The monoisotopic (exact) mass is 422 g/mol. The first-order valence-corrected chi connectivity index (χ1v) is 12.1. The Labute approximate surface area is 188 Å². The number of hydrogen-bond acceptors (Lipinski definition) is 5. The van der Waals surface area contributed by atoms with Crippen molar-refractivity contribution in [2.24, 2.45) is 0 Å². The highest BCUT2D eigenvalue weighted by Crippen LogP contribution is 2.21. The number of benzene rings is 1. The Morgan fingerprint density at radius 1 is 0.903 bits per heavy atom. The first kappa shape index (κ1) is 22.1. The molecular weight excluding hydrogens is 384 g/mol. The van der Waals surface area contributed by atoms with Gasteiger partial charge >= 0.3 is 0 Å². The Balaban J connectivity index is 1.23. The second-order valence-electron chi connectivity index (χ2n) is 9.03. The average molecular weight is 423 g/mol. The first-order chi connectivity index (χ1) is 15.3. The summed E-state index contributed by atoms with van der Waals surface area (Å²) in [5.74, 6) is 1.01. The Kier molecular flexibility index (Phi) is 8.19. The molecule has 31 heavy (non-hydrogen) atoms. The van der Waals surface area contributed by atoms with Gasteiger partial charge in [0.05, 0.1) is 6.61 Å². The van der Waals surface area contributed by atoms with Gasteiger partial charge < -0.3 is 14.5 Å². The molecule has 1 aromatic carbocycles. The van der Waals surface area contributed by atoms with Gasteiger partial charge in [-0.2, -0.15) is 0 Å². The topological polar surface area (TPSA) is 31.8 Å². The molecule has 2 fully saturated rings. The minimum absolute atomic E-state index is 0.809. The van der Waals surface area contributed by atoms with Crippen LogP contribution in [0.1, 0.15) is 43.2 Å². The van der Waals surface area contributed by atoms with Crippen molar-refractivity contribution in [3.8, 4) is 5.75 Å². The molecule has 5 nitrogen and oxygen atoms in total. The maximum atomic E-state index is 6.08. The molecule has 5 heteroatoms. The van der Waals surface area contributed by atoms with Crippen molar-refractivity contribution in [3.05, 3.63) is 53.9 Å². The molecule has 0 unspecified atom stereocenters. The van der Waals surface area contributed by atoms with E-state index in [1.165, 1.54) is 62.1 Å². The predicted octanol–water partition coefficient (Wildman–Crippen LogP) is 4.36. The van der Waals surface area contributed by atoms with Crippen LogP contribution in [-0.4, -0.2) is 67.2 Å². The molecule has 1 aromatic heterocycles. The molecule has 0 atom stereocenters. The summed E-state index contributed by atoms with van der Waals surface area (Å²) in [6, 6.07) is 10.9. The van der Waals surface area contributed by atoms with Crippen LogP contribution in [0.15, 0.2) is 42.7 Å². The fourth-order valence-corrected chi connectivity index (χ4v) is 4.84. The quantitative estimate of drug-likeness (QED) is 0.590. The lowest BCUT2D eigenvalue weighted by Gasteiger charge is -2.26. The number of piperidine rings is 1. The maximum absolute atomic E-state index is 6.08. The van der Waals surface area contributed by atoms with Crippen molar-refractivity contribution in [1.29, 1.82) is 0 Å². The number of aryl methyl sites for hydroxylation is 1. The van der Waals surface area contributed by atoms with Crippen molar-refractivity contribution in [2.45, 2.75) is 45.6 Å². The van der Waals surface area contributed by atoms with Crippen LogP contribution in [0, 0.1) is 6.92 Å². The van der Waals surface area contributed by atoms with E-state index in [-0.39, 0.29) is 0 Å². The van der Waals surface area contributed by atoms with E-state index >= 15 is 0 Å². The summed E-state index contributed by atoms with van der Waals surface area (Å²) in [5, 5.41) is 0. The number of likely N-dealkylation sites (tertiary alicyclic amines) is 1. The van der Waals surface area contributed by atoms with E-state index in [1.54, 1.807) is 0 Å². The Hall–Kier alpha value is -2.11. The van der Waals surface area contributed by atoms with Crippen molar-refractivity contribution < 1.29 is 4.74 Å². The van der Waals surface area contributed by atoms with Gasteiger partial charge in [-0.1, -0.05) is 18.6 Å².